The molecule has 2 atom stereocenters. The van der Waals surface area contributed by atoms with Crippen molar-refractivity contribution in [3.8, 4) is 5.75 Å². The van der Waals surface area contributed by atoms with Gasteiger partial charge in [-0.25, -0.2) is 0 Å². The molecule has 1 fully saturated rings. The normalized spacial score (nSPS) is 22.1. The number of amides is 1. The minimum absolute atomic E-state index is 0.254. The maximum Gasteiger partial charge on any atom is 0.223 e. The number of anilines is 1. The van der Waals surface area contributed by atoms with Crippen LogP contribution in [0.2, 0.25) is 0 Å². The first-order valence-corrected chi connectivity index (χ1v) is 7.76. The van der Waals surface area contributed by atoms with E-state index in [9.17, 15) is 4.79 Å². The van der Waals surface area contributed by atoms with E-state index in [1.165, 1.54) is 6.42 Å². The van der Waals surface area contributed by atoms with Gasteiger partial charge >= 0.3 is 0 Å². The Labute approximate surface area is 127 Å². The van der Waals surface area contributed by atoms with Crippen molar-refractivity contribution in [3.05, 3.63) is 23.8 Å². The van der Waals surface area contributed by atoms with Crippen molar-refractivity contribution in [3.63, 3.8) is 0 Å². The number of hydrogen-bond acceptors (Lipinski definition) is 3. The number of piperidine rings is 1. The van der Waals surface area contributed by atoms with Gasteiger partial charge in [-0.15, -0.1) is 0 Å². The Kier molecular flexibility index (Phi) is 5.10. The van der Waals surface area contributed by atoms with Crippen LogP contribution in [0.4, 0.5) is 5.69 Å². The second-order valence-electron chi connectivity index (χ2n) is 6.01. The molecule has 0 saturated carbocycles. The molecule has 116 valence electrons. The number of nitrogens with zero attached hydrogens (tertiary/aromatic N) is 1. The number of rotatable bonds is 4. The van der Waals surface area contributed by atoms with E-state index in [0.717, 1.165) is 24.8 Å². The fraction of sp³-hybridized carbons (Fsp3) is 0.588. The number of nitrogen functional groups attached to an aromatic ring is 1. The number of ether oxygens (including phenoxy) is 1. The van der Waals surface area contributed by atoms with Crippen LogP contribution in [0.3, 0.4) is 0 Å². The van der Waals surface area contributed by atoms with Crippen LogP contribution >= 0.6 is 0 Å². The summed E-state index contributed by atoms with van der Waals surface area (Å²) in [6, 6.07) is 6.46. The van der Waals surface area contributed by atoms with Gasteiger partial charge in [0.2, 0.25) is 5.91 Å². The van der Waals surface area contributed by atoms with Crippen LogP contribution in [0.1, 0.15) is 45.1 Å². The van der Waals surface area contributed by atoms with Crippen molar-refractivity contribution in [2.75, 3.05) is 12.8 Å². The number of likely N-dealkylation sites (tertiary alicyclic amines) is 1. The van der Waals surface area contributed by atoms with Crippen LogP contribution in [0, 0.1) is 0 Å². The molecule has 2 rings (SSSR count). The molecule has 21 heavy (non-hydrogen) atoms. The van der Waals surface area contributed by atoms with Gasteiger partial charge < -0.3 is 15.4 Å². The molecular formula is C17H26N2O2. The summed E-state index contributed by atoms with van der Waals surface area (Å²) in [4.78, 5) is 14.5. The van der Waals surface area contributed by atoms with Gasteiger partial charge in [-0.1, -0.05) is 6.07 Å². The molecule has 1 aliphatic rings. The average Bonchev–Trinajstić information content (AvgIpc) is 2.45. The van der Waals surface area contributed by atoms with Crippen molar-refractivity contribution < 1.29 is 9.53 Å². The molecular weight excluding hydrogens is 264 g/mol. The number of hydrogen-bond donors (Lipinski definition) is 1. The van der Waals surface area contributed by atoms with Gasteiger partial charge in [0.25, 0.3) is 0 Å². The fourth-order valence-corrected chi connectivity index (χ4v) is 3.23. The number of benzene rings is 1. The molecule has 1 aliphatic heterocycles. The largest absolute Gasteiger partial charge is 0.495 e. The van der Waals surface area contributed by atoms with Gasteiger partial charge in [0.1, 0.15) is 5.75 Å². The molecule has 1 aromatic rings. The van der Waals surface area contributed by atoms with E-state index < -0.39 is 0 Å². The second kappa shape index (κ2) is 6.83. The van der Waals surface area contributed by atoms with Crippen molar-refractivity contribution in [2.24, 2.45) is 0 Å². The Bertz CT molecular complexity index is 492. The quantitative estimate of drug-likeness (QED) is 0.867. The monoisotopic (exact) mass is 290 g/mol. The number of nitrogens with two attached hydrogens (primary N) is 1. The predicted octanol–water partition coefficient (Wildman–Crippen LogP) is 3.00. The molecule has 0 bridgehead atoms. The molecule has 2 unspecified atom stereocenters. The minimum atomic E-state index is 0.254. The molecule has 4 nitrogen and oxygen atoms in total. The average molecular weight is 290 g/mol. The van der Waals surface area contributed by atoms with Gasteiger partial charge in [-0.2, -0.15) is 0 Å². The highest BCUT2D eigenvalue weighted by atomic mass is 16.5. The minimum Gasteiger partial charge on any atom is -0.495 e. The van der Waals surface area contributed by atoms with E-state index in [2.05, 4.69) is 18.7 Å². The highest BCUT2D eigenvalue weighted by Crippen LogP contribution is 2.25. The number of methoxy groups -OCH3 is 1. The molecule has 1 heterocycles. The number of aryl methyl sites for hydroxylation is 1. The molecule has 0 aromatic heterocycles. The zero-order chi connectivity index (χ0) is 15.4. The molecule has 0 radical (unpaired) electrons. The first-order valence-electron chi connectivity index (χ1n) is 7.76. The van der Waals surface area contributed by atoms with Crippen molar-refractivity contribution >= 4 is 11.6 Å². The van der Waals surface area contributed by atoms with Crippen LogP contribution < -0.4 is 10.5 Å². The van der Waals surface area contributed by atoms with E-state index in [-0.39, 0.29) is 5.91 Å². The molecule has 1 aromatic carbocycles. The third-order valence-electron chi connectivity index (χ3n) is 4.40. The number of carbonyl (C=O) groups is 1. The summed E-state index contributed by atoms with van der Waals surface area (Å²) in [5.74, 6) is 0.937. The van der Waals surface area contributed by atoms with Crippen molar-refractivity contribution in [1.82, 2.24) is 4.90 Å². The zero-order valence-corrected chi connectivity index (χ0v) is 13.3. The molecule has 4 heteroatoms. The van der Waals surface area contributed by atoms with Crippen LogP contribution in [-0.4, -0.2) is 30.0 Å². The summed E-state index contributed by atoms with van der Waals surface area (Å²) >= 11 is 0. The molecule has 2 N–H and O–H groups in total. The maximum atomic E-state index is 12.5. The lowest BCUT2D eigenvalue weighted by Crippen LogP contribution is -2.47. The summed E-state index contributed by atoms with van der Waals surface area (Å²) in [6.45, 7) is 4.30. The zero-order valence-electron chi connectivity index (χ0n) is 13.3. The maximum absolute atomic E-state index is 12.5. The van der Waals surface area contributed by atoms with Gasteiger partial charge in [0.05, 0.1) is 12.8 Å². The van der Waals surface area contributed by atoms with Crippen molar-refractivity contribution in [1.29, 1.82) is 0 Å². The SMILES string of the molecule is COc1ccc(CCC(=O)N2C(C)CCCC2C)cc1N. The smallest absolute Gasteiger partial charge is 0.223 e. The lowest BCUT2D eigenvalue weighted by Gasteiger charge is -2.39. The molecule has 1 amide bonds. The Balaban J connectivity index is 1.95. The lowest BCUT2D eigenvalue weighted by molar-refractivity contribution is -0.137. The van der Waals surface area contributed by atoms with E-state index in [4.69, 9.17) is 10.5 Å². The topological polar surface area (TPSA) is 55.6 Å². The summed E-state index contributed by atoms with van der Waals surface area (Å²) in [5, 5.41) is 0. The number of carbonyl (C=O) groups excluding carboxylic acids is 1. The first kappa shape index (κ1) is 15.7. The lowest BCUT2D eigenvalue weighted by atomic mass is 9.96. The van der Waals surface area contributed by atoms with E-state index >= 15 is 0 Å². The van der Waals surface area contributed by atoms with Gasteiger partial charge in [-0.05, 0) is 57.2 Å². The van der Waals surface area contributed by atoms with Gasteiger partial charge in [-0.3, -0.25) is 4.79 Å². The van der Waals surface area contributed by atoms with E-state index in [1.807, 2.05) is 18.2 Å². The van der Waals surface area contributed by atoms with Crippen LogP contribution in [0.15, 0.2) is 18.2 Å². The molecule has 0 spiro atoms. The Morgan fingerprint density at radius 1 is 1.33 bits per heavy atom. The highest BCUT2D eigenvalue weighted by molar-refractivity contribution is 5.77. The van der Waals surface area contributed by atoms with Gasteiger partial charge in [0.15, 0.2) is 0 Å². The summed E-state index contributed by atoms with van der Waals surface area (Å²) in [7, 11) is 1.61. The Morgan fingerprint density at radius 3 is 2.57 bits per heavy atom. The Hall–Kier alpha value is -1.71. The third-order valence-corrected chi connectivity index (χ3v) is 4.40. The summed E-state index contributed by atoms with van der Waals surface area (Å²) in [6.07, 6.45) is 4.72. The third kappa shape index (κ3) is 3.69. The van der Waals surface area contributed by atoms with E-state index in [1.54, 1.807) is 7.11 Å². The standard InChI is InChI=1S/C17H26N2O2/c1-12-5-4-6-13(2)19(12)17(20)10-8-14-7-9-16(21-3)15(18)11-14/h7,9,11-13H,4-6,8,10,18H2,1-3H3. The molecule has 0 aliphatic carbocycles. The second-order valence-corrected chi connectivity index (χ2v) is 6.01. The highest BCUT2D eigenvalue weighted by Gasteiger charge is 2.28. The van der Waals surface area contributed by atoms with Crippen LogP contribution in [0.5, 0.6) is 5.75 Å². The van der Waals surface area contributed by atoms with Crippen LogP contribution in [-0.2, 0) is 11.2 Å². The van der Waals surface area contributed by atoms with Gasteiger partial charge in [0, 0.05) is 18.5 Å². The van der Waals surface area contributed by atoms with Crippen LogP contribution in [0.25, 0.3) is 0 Å². The fourth-order valence-electron chi connectivity index (χ4n) is 3.23. The summed E-state index contributed by atoms with van der Waals surface area (Å²) < 4.78 is 5.15. The molecule has 1 saturated heterocycles. The predicted molar refractivity (Wildman–Crippen MR) is 85.3 cm³/mol. The van der Waals surface area contributed by atoms with Crippen molar-refractivity contribution in [2.45, 2.75) is 58.0 Å². The Morgan fingerprint density at radius 2 is 2.00 bits per heavy atom. The summed E-state index contributed by atoms with van der Waals surface area (Å²) in [5.41, 5.74) is 7.61. The first-order chi connectivity index (χ1) is 10.0. The van der Waals surface area contributed by atoms with E-state index in [0.29, 0.717) is 29.9 Å².